The van der Waals surface area contributed by atoms with Gasteiger partial charge in [-0.1, -0.05) is 0 Å². The van der Waals surface area contributed by atoms with Crippen LogP contribution < -0.4 is 5.32 Å². The van der Waals surface area contributed by atoms with Crippen molar-refractivity contribution in [2.75, 3.05) is 27.2 Å². The number of furan rings is 1. The normalized spacial score (nSPS) is 15.9. The monoisotopic (exact) mass is 405 g/mol. The average molecular weight is 406 g/mol. The molecule has 28 heavy (non-hydrogen) atoms. The summed E-state index contributed by atoms with van der Waals surface area (Å²) in [5, 5.41) is 3.49. The molecular weight excluding hydrogens is 378 g/mol. The van der Waals surface area contributed by atoms with Crippen LogP contribution in [0.1, 0.15) is 25.5 Å². The smallest absolute Gasteiger partial charge is 0.242 e. The minimum atomic E-state index is -3.43. The molecule has 0 atom stereocenters. The van der Waals surface area contributed by atoms with Crippen LogP contribution in [0.15, 0.2) is 45.7 Å². The molecule has 1 N–H and O–H groups in total. The molecule has 8 heteroatoms. The Morgan fingerprint density at radius 1 is 1.14 bits per heavy atom. The molecule has 2 heterocycles. The van der Waals surface area contributed by atoms with Gasteiger partial charge in [-0.3, -0.25) is 4.79 Å². The SMILES string of the molecule is CC(=O)N1CCC(NCc2ccc(-c3ccc(S(=O)(=O)N(C)C)cc3)o2)CC1. The number of sulfonamides is 1. The molecule has 1 aromatic carbocycles. The second-order valence-corrected chi connectivity index (χ2v) is 9.39. The summed E-state index contributed by atoms with van der Waals surface area (Å²) in [5.74, 6) is 1.67. The molecule has 0 bridgehead atoms. The third-order valence-corrected chi connectivity index (χ3v) is 6.91. The number of hydrogen-bond donors (Lipinski definition) is 1. The number of nitrogens with zero attached hydrogens (tertiary/aromatic N) is 2. The van der Waals surface area contributed by atoms with Crippen LogP contribution >= 0.6 is 0 Å². The zero-order valence-electron chi connectivity index (χ0n) is 16.5. The van der Waals surface area contributed by atoms with Crippen LogP contribution in [-0.2, 0) is 21.4 Å². The maximum absolute atomic E-state index is 12.1. The Morgan fingerprint density at radius 2 is 1.79 bits per heavy atom. The number of rotatable bonds is 6. The second-order valence-electron chi connectivity index (χ2n) is 7.24. The van der Waals surface area contributed by atoms with Gasteiger partial charge in [0, 0.05) is 45.7 Å². The van der Waals surface area contributed by atoms with Crippen LogP contribution in [0.4, 0.5) is 0 Å². The lowest BCUT2D eigenvalue weighted by atomic mass is 10.1. The molecule has 0 aliphatic carbocycles. The zero-order valence-corrected chi connectivity index (χ0v) is 17.3. The molecule has 2 aromatic rings. The first-order valence-corrected chi connectivity index (χ1v) is 10.8. The molecule has 3 rings (SSSR count). The Morgan fingerprint density at radius 3 is 2.36 bits per heavy atom. The number of amides is 1. The van der Waals surface area contributed by atoms with Crippen LogP contribution in [0.2, 0.25) is 0 Å². The van der Waals surface area contributed by atoms with E-state index in [0.717, 1.165) is 37.3 Å². The van der Waals surface area contributed by atoms with E-state index in [0.29, 0.717) is 18.3 Å². The molecule has 152 valence electrons. The van der Waals surface area contributed by atoms with E-state index in [1.807, 2.05) is 17.0 Å². The van der Waals surface area contributed by atoms with E-state index in [9.17, 15) is 13.2 Å². The van der Waals surface area contributed by atoms with Crippen LogP contribution in [0, 0.1) is 0 Å². The van der Waals surface area contributed by atoms with Gasteiger partial charge in [0.2, 0.25) is 15.9 Å². The van der Waals surface area contributed by atoms with Crippen LogP contribution in [0.25, 0.3) is 11.3 Å². The van der Waals surface area contributed by atoms with Crippen molar-refractivity contribution in [2.24, 2.45) is 0 Å². The highest BCUT2D eigenvalue weighted by atomic mass is 32.2. The molecule has 1 fully saturated rings. The van der Waals surface area contributed by atoms with Gasteiger partial charge in [-0.05, 0) is 49.2 Å². The summed E-state index contributed by atoms with van der Waals surface area (Å²) in [6.45, 7) is 3.82. The Labute approximate surface area is 166 Å². The first kappa shape index (κ1) is 20.6. The third-order valence-electron chi connectivity index (χ3n) is 5.08. The Hall–Kier alpha value is -2.16. The molecule has 0 spiro atoms. The average Bonchev–Trinajstić information content (AvgIpc) is 3.15. The van der Waals surface area contributed by atoms with E-state index in [2.05, 4.69) is 5.32 Å². The van der Waals surface area contributed by atoms with Gasteiger partial charge in [0.05, 0.1) is 11.4 Å². The molecule has 7 nitrogen and oxygen atoms in total. The van der Waals surface area contributed by atoms with Gasteiger partial charge in [0.1, 0.15) is 11.5 Å². The van der Waals surface area contributed by atoms with Gasteiger partial charge in [-0.15, -0.1) is 0 Å². The van der Waals surface area contributed by atoms with Gasteiger partial charge in [0.25, 0.3) is 0 Å². The number of benzene rings is 1. The van der Waals surface area contributed by atoms with E-state index >= 15 is 0 Å². The highest BCUT2D eigenvalue weighted by Gasteiger charge is 2.20. The van der Waals surface area contributed by atoms with Gasteiger partial charge < -0.3 is 14.6 Å². The second kappa shape index (κ2) is 8.46. The molecule has 0 radical (unpaired) electrons. The summed E-state index contributed by atoms with van der Waals surface area (Å²) in [6, 6.07) is 10.9. The fourth-order valence-electron chi connectivity index (χ4n) is 3.27. The van der Waals surface area contributed by atoms with Gasteiger partial charge >= 0.3 is 0 Å². The Balaban J connectivity index is 1.58. The van der Waals surface area contributed by atoms with E-state index in [4.69, 9.17) is 4.42 Å². The third kappa shape index (κ3) is 4.63. The van der Waals surface area contributed by atoms with E-state index in [-0.39, 0.29) is 10.8 Å². The Bertz CT molecular complexity index is 911. The summed E-state index contributed by atoms with van der Waals surface area (Å²) in [7, 11) is -0.407. The lowest BCUT2D eigenvalue weighted by molar-refractivity contribution is -0.129. The molecule has 0 saturated carbocycles. The number of carbonyl (C=O) groups excluding carboxylic acids is 1. The quantitative estimate of drug-likeness (QED) is 0.797. The lowest BCUT2D eigenvalue weighted by Crippen LogP contribution is -2.43. The largest absolute Gasteiger partial charge is 0.460 e. The summed E-state index contributed by atoms with van der Waals surface area (Å²) >= 11 is 0. The summed E-state index contributed by atoms with van der Waals surface area (Å²) in [5.41, 5.74) is 0.832. The van der Waals surface area contributed by atoms with Crippen molar-refractivity contribution in [3.63, 3.8) is 0 Å². The Kier molecular flexibility index (Phi) is 6.22. The van der Waals surface area contributed by atoms with Gasteiger partial charge in [0.15, 0.2) is 0 Å². The minimum Gasteiger partial charge on any atom is -0.460 e. The molecule has 1 saturated heterocycles. The number of hydrogen-bond acceptors (Lipinski definition) is 5. The van der Waals surface area contributed by atoms with Crippen molar-refractivity contribution >= 4 is 15.9 Å². The number of piperidine rings is 1. The van der Waals surface area contributed by atoms with Crippen molar-refractivity contribution in [2.45, 2.75) is 37.2 Å². The van der Waals surface area contributed by atoms with Crippen LogP contribution in [0.3, 0.4) is 0 Å². The minimum absolute atomic E-state index is 0.138. The summed E-state index contributed by atoms with van der Waals surface area (Å²) in [4.78, 5) is 13.5. The predicted octanol–water partition coefficient (Wildman–Crippen LogP) is 2.30. The highest BCUT2D eigenvalue weighted by molar-refractivity contribution is 7.89. The molecule has 1 aliphatic rings. The molecule has 1 amide bonds. The van der Waals surface area contributed by atoms with Crippen molar-refractivity contribution in [3.8, 4) is 11.3 Å². The van der Waals surface area contributed by atoms with Crippen molar-refractivity contribution in [1.82, 2.24) is 14.5 Å². The fraction of sp³-hybridized carbons (Fsp3) is 0.450. The standard InChI is InChI=1S/C20H27N3O4S/c1-15(24)23-12-10-17(11-13-23)21-14-18-6-9-20(27-18)16-4-7-19(8-5-16)28(25,26)22(2)3/h4-9,17,21H,10-14H2,1-3H3. The van der Waals surface area contributed by atoms with Gasteiger partial charge in [-0.25, -0.2) is 12.7 Å². The van der Waals surface area contributed by atoms with E-state index < -0.39 is 10.0 Å². The molecule has 0 unspecified atom stereocenters. The van der Waals surface area contributed by atoms with Crippen molar-refractivity contribution in [3.05, 3.63) is 42.2 Å². The maximum atomic E-state index is 12.1. The maximum Gasteiger partial charge on any atom is 0.242 e. The predicted molar refractivity (Wildman–Crippen MR) is 107 cm³/mol. The molecule has 1 aromatic heterocycles. The number of carbonyl (C=O) groups is 1. The first-order valence-electron chi connectivity index (χ1n) is 9.38. The summed E-state index contributed by atoms with van der Waals surface area (Å²) in [6.07, 6.45) is 1.88. The van der Waals surface area contributed by atoms with Gasteiger partial charge in [-0.2, -0.15) is 0 Å². The zero-order chi connectivity index (χ0) is 20.3. The van der Waals surface area contributed by atoms with E-state index in [1.165, 1.54) is 18.4 Å². The lowest BCUT2D eigenvalue weighted by Gasteiger charge is -2.31. The van der Waals surface area contributed by atoms with Crippen molar-refractivity contribution in [1.29, 1.82) is 0 Å². The van der Waals surface area contributed by atoms with E-state index in [1.54, 1.807) is 31.2 Å². The molecule has 1 aliphatic heterocycles. The fourth-order valence-corrected chi connectivity index (χ4v) is 4.18. The van der Waals surface area contributed by atoms with Crippen LogP contribution in [-0.4, -0.2) is 56.8 Å². The van der Waals surface area contributed by atoms with Crippen molar-refractivity contribution < 1.29 is 17.6 Å². The topological polar surface area (TPSA) is 82.9 Å². The number of likely N-dealkylation sites (tertiary alicyclic amines) is 1. The highest BCUT2D eigenvalue weighted by Crippen LogP contribution is 2.24. The number of nitrogens with one attached hydrogen (secondary N) is 1. The first-order chi connectivity index (χ1) is 13.3. The molecular formula is C20H27N3O4S. The summed E-state index contributed by atoms with van der Waals surface area (Å²) < 4.78 is 31.4. The van der Waals surface area contributed by atoms with Crippen LogP contribution in [0.5, 0.6) is 0 Å².